The van der Waals surface area contributed by atoms with Crippen LogP contribution in [0.15, 0.2) is 35.3 Å². The standard InChI is InChI=1S/C13H15N/c1-9-8-10(2)12-6-4-5-7-13(12)14-11(9)3/h4-9H,1-3H3. The number of para-hydroxylation sites is 1. The average Bonchev–Trinajstić information content (AvgIpc) is 2.27. The van der Waals surface area contributed by atoms with Crippen molar-refractivity contribution in [2.24, 2.45) is 10.9 Å². The molecule has 72 valence electrons. The van der Waals surface area contributed by atoms with Gasteiger partial charge in [0.15, 0.2) is 0 Å². The highest BCUT2D eigenvalue weighted by Gasteiger charge is 2.11. The molecule has 0 bridgehead atoms. The molecule has 1 aliphatic rings. The van der Waals surface area contributed by atoms with Gasteiger partial charge >= 0.3 is 0 Å². The Bertz CT molecular complexity index is 413. The number of benzene rings is 1. The summed E-state index contributed by atoms with van der Waals surface area (Å²) in [4.78, 5) is 4.64. The number of allylic oxidation sites excluding steroid dienone is 2. The molecule has 0 radical (unpaired) electrons. The highest BCUT2D eigenvalue weighted by atomic mass is 14.8. The Balaban J connectivity index is 2.64. The Morgan fingerprint density at radius 3 is 2.64 bits per heavy atom. The number of nitrogens with zero attached hydrogens (tertiary/aromatic N) is 1. The zero-order chi connectivity index (χ0) is 10.1. The SMILES string of the molecule is CC1=CC(C)C(C)=Nc2ccccc21. The zero-order valence-electron chi connectivity index (χ0n) is 8.91. The van der Waals surface area contributed by atoms with Gasteiger partial charge in [-0.3, -0.25) is 4.99 Å². The van der Waals surface area contributed by atoms with Crippen LogP contribution in [0.25, 0.3) is 5.57 Å². The number of aliphatic imine (C=N–C) groups is 1. The monoisotopic (exact) mass is 185 g/mol. The Morgan fingerprint density at radius 2 is 1.86 bits per heavy atom. The van der Waals surface area contributed by atoms with Gasteiger partial charge in [-0.15, -0.1) is 0 Å². The molecule has 1 heterocycles. The van der Waals surface area contributed by atoms with E-state index in [0.29, 0.717) is 5.92 Å². The molecule has 0 aromatic heterocycles. The van der Waals surface area contributed by atoms with E-state index in [4.69, 9.17) is 0 Å². The maximum atomic E-state index is 4.64. The Kier molecular flexibility index (Phi) is 2.24. The van der Waals surface area contributed by atoms with E-state index in [-0.39, 0.29) is 0 Å². The van der Waals surface area contributed by atoms with Gasteiger partial charge in [0.05, 0.1) is 5.69 Å². The quantitative estimate of drug-likeness (QED) is 0.582. The zero-order valence-corrected chi connectivity index (χ0v) is 8.91. The van der Waals surface area contributed by atoms with Crippen LogP contribution in [0.3, 0.4) is 0 Å². The smallest absolute Gasteiger partial charge is 0.0704 e. The molecule has 1 unspecified atom stereocenters. The van der Waals surface area contributed by atoms with E-state index >= 15 is 0 Å². The van der Waals surface area contributed by atoms with Crippen LogP contribution in [0, 0.1) is 5.92 Å². The van der Waals surface area contributed by atoms with E-state index in [2.05, 4.69) is 50.0 Å². The second kappa shape index (κ2) is 3.41. The highest BCUT2D eigenvalue weighted by molar-refractivity contribution is 5.93. The van der Waals surface area contributed by atoms with Gasteiger partial charge in [0.1, 0.15) is 0 Å². The largest absolute Gasteiger partial charge is 0.257 e. The van der Waals surface area contributed by atoms with Crippen molar-refractivity contribution in [1.82, 2.24) is 0 Å². The summed E-state index contributed by atoms with van der Waals surface area (Å²) in [7, 11) is 0. The summed E-state index contributed by atoms with van der Waals surface area (Å²) >= 11 is 0. The molecule has 0 amide bonds. The van der Waals surface area contributed by atoms with Crippen LogP contribution in [0.1, 0.15) is 26.3 Å². The first-order chi connectivity index (χ1) is 6.68. The lowest BCUT2D eigenvalue weighted by atomic mass is 10.0. The van der Waals surface area contributed by atoms with Gasteiger partial charge in [0.2, 0.25) is 0 Å². The van der Waals surface area contributed by atoms with E-state index in [0.717, 1.165) is 5.69 Å². The van der Waals surface area contributed by atoms with Gasteiger partial charge in [-0.25, -0.2) is 0 Å². The number of hydrogen-bond acceptors (Lipinski definition) is 1. The minimum Gasteiger partial charge on any atom is -0.257 e. The van der Waals surface area contributed by atoms with Crippen molar-refractivity contribution < 1.29 is 0 Å². The summed E-state index contributed by atoms with van der Waals surface area (Å²) in [5.41, 5.74) is 4.88. The van der Waals surface area contributed by atoms with Gasteiger partial charge in [-0.05, 0) is 25.5 Å². The van der Waals surface area contributed by atoms with E-state index in [1.807, 2.05) is 6.07 Å². The van der Waals surface area contributed by atoms with Crippen LogP contribution in [-0.4, -0.2) is 5.71 Å². The Hall–Kier alpha value is -1.37. The van der Waals surface area contributed by atoms with Crippen LogP contribution in [0.4, 0.5) is 5.69 Å². The third-order valence-corrected chi connectivity index (χ3v) is 2.78. The van der Waals surface area contributed by atoms with Crippen molar-refractivity contribution in [3.05, 3.63) is 35.9 Å². The summed E-state index contributed by atoms with van der Waals surface area (Å²) < 4.78 is 0. The summed E-state index contributed by atoms with van der Waals surface area (Å²) in [6.07, 6.45) is 2.28. The van der Waals surface area contributed by atoms with Crippen LogP contribution >= 0.6 is 0 Å². The molecule has 1 aromatic rings. The lowest BCUT2D eigenvalue weighted by Crippen LogP contribution is -2.01. The van der Waals surface area contributed by atoms with Crippen LogP contribution in [-0.2, 0) is 0 Å². The number of rotatable bonds is 0. The van der Waals surface area contributed by atoms with Gasteiger partial charge in [-0.1, -0.05) is 31.2 Å². The molecule has 0 aliphatic carbocycles. The van der Waals surface area contributed by atoms with Crippen molar-refractivity contribution in [2.75, 3.05) is 0 Å². The molecule has 1 aromatic carbocycles. The fourth-order valence-electron chi connectivity index (χ4n) is 1.78. The molecule has 14 heavy (non-hydrogen) atoms. The highest BCUT2D eigenvalue weighted by Crippen LogP contribution is 2.30. The summed E-state index contributed by atoms with van der Waals surface area (Å²) in [5.74, 6) is 0.447. The second-order valence-corrected chi connectivity index (χ2v) is 3.91. The molecule has 2 rings (SSSR count). The Morgan fingerprint density at radius 1 is 1.14 bits per heavy atom. The van der Waals surface area contributed by atoms with E-state index in [1.54, 1.807) is 0 Å². The van der Waals surface area contributed by atoms with Crippen molar-refractivity contribution in [2.45, 2.75) is 20.8 Å². The minimum absolute atomic E-state index is 0.447. The molecule has 1 nitrogen and oxygen atoms in total. The van der Waals surface area contributed by atoms with Gasteiger partial charge in [0.25, 0.3) is 0 Å². The molecular formula is C13H15N. The van der Waals surface area contributed by atoms with Gasteiger partial charge in [0, 0.05) is 17.2 Å². The van der Waals surface area contributed by atoms with E-state index in [1.165, 1.54) is 16.8 Å². The molecule has 0 fully saturated rings. The second-order valence-electron chi connectivity index (χ2n) is 3.91. The number of hydrogen-bond donors (Lipinski definition) is 0. The van der Waals surface area contributed by atoms with Gasteiger partial charge < -0.3 is 0 Å². The maximum absolute atomic E-state index is 4.64. The van der Waals surface area contributed by atoms with Crippen LogP contribution in [0.2, 0.25) is 0 Å². The third kappa shape index (κ3) is 1.50. The first kappa shape index (κ1) is 9.20. The number of fused-ring (bicyclic) bond motifs is 1. The first-order valence-electron chi connectivity index (χ1n) is 5.01. The van der Waals surface area contributed by atoms with Crippen molar-refractivity contribution in [3.8, 4) is 0 Å². The van der Waals surface area contributed by atoms with E-state index < -0.39 is 0 Å². The molecule has 1 aliphatic heterocycles. The summed E-state index contributed by atoms with van der Waals surface area (Å²) in [5, 5.41) is 0. The Labute approximate surface area is 85.2 Å². The van der Waals surface area contributed by atoms with Gasteiger partial charge in [-0.2, -0.15) is 0 Å². The van der Waals surface area contributed by atoms with E-state index in [9.17, 15) is 0 Å². The minimum atomic E-state index is 0.447. The normalized spacial score (nSPS) is 20.6. The van der Waals surface area contributed by atoms with Crippen LogP contribution < -0.4 is 0 Å². The molecule has 0 N–H and O–H groups in total. The molecular weight excluding hydrogens is 170 g/mol. The van der Waals surface area contributed by atoms with Crippen LogP contribution in [0.5, 0.6) is 0 Å². The lowest BCUT2D eigenvalue weighted by molar-refractivity contribution is 0.994. The molecule has 1 atom stereocenters. The maximum Gasteiger partial charge on any atom is 0.0704 e. The molecule has 0 spiro atoms. The topological polar surface area (TPSA) is 12.4 Å². The van der Waals surface area contributed by atoms with Crippen molar-refractivity contribution in [3.63, 3.8) is 0 Å². The fraction of sp³-hybridized carbons (Fsp3) is 0.308. The van der Waals surface area contributed by atoms with Crippen molar-refractivity contribution >= 4 is 17.0 Å². The summed E-state index contributed by atoms with van der Waals surface area (Å²) in [6, 6.07) is 8.32. The molecule has 1 heteroatoms. The summed E-state index contributed by atoms with van der Waals surface area (Å²) in [6.45, 7) is 6.44. The predicted molar refractivity (Wildman–Crippen MR) is 62.0 cm³/mol. The average molecular weight is 185 g/mol. The predicted octanol–water partition coefficient (Wildman–Crippen LogP) is 3.83. The van der Waals surface area contributed by atoms with Crippen molar-refractivity contribution in [1.29, 1.82) is 0 Å². The molecule has 0 saturated heterocycles. The third-order valence-electron chi connectivity index (χ3n) is 2.78. The molecule has 0 saturated carbocycles. The first-order valence-corrected chi connectivity index (χ1v) is 5.01. The fourth-order valence-corrected chi connectivity index (χ4v) is 1.78. The lowest BCUT2D eigenvalue weighted by Gasteiger charge is -2.02.